The molecule has 0 radical (unpaired) electrons. The quantitative estimate of drug-likeness (QED) is 0.389. The van der Waals surface area contributed by atoms with E-state index < -0.39 is 12.0 Å². The zero-order valence-corrected chi connectivity index (χ0v) is 17.4. The maximum Gasteiger partial charge on any atom is 0.220 e. The fourth-order valence-corrected chi connectivity index (χ4v) is 4.47. The largest absolute Gasteiger partial charge is 0.464 e. The summed E-state index contributed by atoms with van der Waals surface area (Å²) >= 11 is 6.04. The molecule has 7 heteroatoms. The second-order valence-corrected chi connectivity index (χ2v) is 8.26. The molecule has 3 aromatic carbocycles. The number of hydrazone groups is 1. The first-order valence-corrected chi connectivity index (χ1v) is 10.5. The van der Waals surface area contributed by atoms with Gasteiger partial charge in [-0.1, -0.05) is 41.9 Å². The molecule has 1 aromatic heterocycles. The summed E-state index contributed by atoms with van der Waals surface area (Å²) in [5.41, 5.74) is 3.06. The molecule has 5 nitrogen and oxygen atoms in total. The van der Waals surface area contributed by atoms with Gasteiger partial charge in [-0.15, -0.1) is 0 Å². The molecular formula is C25H16ClFN2O3. The van der Waals surface area contributed by atoms with Gasteiger partial charge in [0.2, 0.25) is 11.7 Å². The zero-order chi connectivity index (χ0) is 21.8. The number of rotatable bonds is 2. The molecule has 158 valence electrons. The van der Waals surface area contributed by atoms with Crippen molar-refractivity contribution in [3.05, 3.63) is 111 Å². The molecule has 2 aliphatic heterocycles. The Morgan fingerprint density at radius 3 is 2.69 bits per heavy atom. The van der Waals surface area contributed by atoms with Crippen LogP contribution in [0.4, 0.5) is 4.39 Å². The van der Waals surface area contributed by atoms with Crippen LogP contribution in [0.3, 0.4) is 0 Å². The fourth-order valence-electron chi connectivity index (χ4n) is 4.34. The summed E-state index contributed by atoms with van der Waals surface area (Å²) in [6.07, 6.45) is 1.23. The summed E-state index contributed by atoms with van der Waals surface area (Å²) in [5.74, 6) is 0.184. The van der Waals surface area contributed by atoms with E-state index in [2.05, 4.69) is 0 Å². The summed E-state index contributed by atoms with van der Waals surface area (Å²) in [6.45, 7) is 0. The molecule has 2 aliphatic rings. The van der Waals surface area contributed by atoms with Crippen molar-refractivity contribution >= 4 is 28.3 Å². The standard InChI is InChI=1S/C25H16ClFN2O3/c26-15-7-5-14(6-8-15)20-12-21-17-3-1-2-4-23(17)32-25(29(21)28-20)19-13-31-22-10-9-16(27)11-18(22)24(19)30/h1-11,13,21,25H,12H2/t21-,25-/m1/s1. The smallest absolute Gasteiger partial charge is 0.220 e. The Morgan fingerprint density at radius 1 is 1.03 bits per heavy atom. The number of halogens is 2. The van der Waals surface area contributed by atoms with Crippen molar-refractivity contribution in [2.75, 3.05) is 0 Å². The van der Waals surface area contributed by atoms with Gasteiger partial charge in [-0.05, 0) is 42.0 Å². The summed E-state index contributed by atoms with van der Waals surface area (Å²) in [7, 11) is 0. The van der Waals surface area contributed by atoms with Gasteiger partial charge in [0.25, 0.3) is 0 Å². The van der Waals surface area contributed by atoms with Crippen molar-refractivity contribution in [3.63, 3.8) is 0 Å². The number of hydrogen-bond donors (Lipinski definition) is 0. The maximum atomic E-state index is 13.8. The highest BCUT2D eigenvalue weighted by atomic mass is 35.5. The zero-order valence-electron chi connectivity index (χ0n) is 16.7. The first-order chi connectivity index (χ1) is 15.6. The molecule has 3 heterocycles. The van der Waals surface area contributed by atoms with Gasteiger partial charge in [-0.2, -0.15) is 5.10 Å². The van der Waals surface area contributed by atoms with Crippen LogP contribution in [0.25, 0.3) is 11.0 Å². The molecule has 0 saturated carbocycles. The van der Waals surface area contributed by atoms with Gasteiger partial charge in [0.15, 0.2) is 0 Å². The lowest BCUT2D eigenvalue weighted by Gasteiger charge is -2.37. The number of hydrogen-bond acceptors (Lipinski definition) is 5. The Labute approximate surface area is 187 Å². The first kappa shape index (κ1) is 19.1. The van der Waals surface area contributed by atoms with E-state index in [0.29, 0.717) is 22.8 Å². The number of benzene rings is 3. The van der Waals surface area contributed by atoms with E-state index in [-0.39, 0.29) is 22.4 Å². The summed E-state index contributed by atoms with van der Waals surface area (Å²) in [6, 6.07) is 19.0. The molecule has 0 saturated heterocycles. The molecule has 0 N–H and O–H groups in total. The SMILES string of the molecule is O=c1c([C@H]2Oc3ccccc3[C@H]3CC(c4ccc(Cl)cc4)=NN32)coc2ccc(F)cc12. The lowest BCUT2D eigenvalue weighted by atomic mass is 9.96. The molecule has 0 bridgehead atoms. The Morgan fingerprint density at radius 2 is 1.84 bits per heavy atom. The number of ether oxygens (including phenoxy) is 1. The second kappa shape index (κ2) is 7.21. The lowest BCUT2D eigenvalue weighted by molar-refractivity contribution is -0.0205. The Hall–Kier alpha value is -3.64. The highest BCUT2D eigenvalue weighted by Gasteiger charge is 2.42. The minimum atomic E-state index is -0.802. The van der Waals surface area contributed by atoms with Gasteiger partial charge >= 0.3 is 0 Å². The van der Waals surface area contributed by atoms with E-state index in [1.807, 2.05) is 48.5 Å². The molecule has 0 amide bonds. The molecule has 0 unspecified atom stereocenters. The molecule has 4 aromatic rings. The lowest BCUT2D eigenvalue weighted by Crippen LogP contribution is -2.36. The third-order valence-electron chi connectivity index (χ3n) is 5.90. The predicted octanol–water partition coefficient (Wildman–Crippen LogP) is 5.83. The van der Waals surface area contributed by atoms with Gasteiger partial charge in [0.1, 0.15) is 23.4 Å². The van der Waals surface area contributed by atoms with E-state index in [0.717, 1.165) is 16.8 Å². The van der Waals surface area contributed by atoms with Crippen LogP contribution in [0, 0.1) is 5.82 Å². The third kappa shape index (κ3) is 2.99. The van der Waals surface area contributed by atoms with E-state index in [1.165, 1.54) is 24.5 Å². The maximum absolute atomic E-state index is 13.8. The highest BCUT2D eigenvalue weighted by molar-refractivity contribution is 6.30. The van der Waals surface area contributed by atoms with E-state index in [4.69, 9.17) is 25.9 Å². The normalized spacial score (nSPS) is 19.3. The number of para-hydroxylation sites is 1. The molecule has 0 fully saturated rings. The van der Waals surface area contributed by atoms with Gasteiger partial charge in [0, 0.05) is 17.0 Å². The molecule has 6 rings (SSSR count). The van der Waals surface area contributed by atoms with Crippen LogP contribution in [-0.2, 0) is 0 Å². The Balaban J connectivity index is 1.50. The fraction of sp³-hybridized carbons (Fsp3) is 0.120. The minimum absolute atomic E-state index is 0.113. The van der Waals surface area contributed by atoms with E-state index in [9.17, 15) is 9.18 Å². The molecule has 32 heavy (non-hydrogen) atoms. The number of fused-ring (bicyclic) bond motifs is 4. The molecule has 2 atom stereocenters. The van der Waals surface area contributed by atoms with Crippen molar-refractivity contribution in [2.45, 2.75) is 18.7 Å². The van der Waals surface area contributed by atoms with Gasteiger partial charge < -0.3 is 9.15 Å². The van der Waals surface area contributed by atoms with Gasteiger partial charge in [0.05, 0.1) is 22.7 Å². The van der Waals surface area contributed by atoms with Crippen LogP contribution in [0.5, 0.6) is 5.75 Å². The van der Waals surface area contributed by atoms with Crippen molar-refractivity contribution in [2.24, 2.45) is 5.10 Å². The van der Waals surface area contributed by atoms with Crippen molar-refractivity contribution < 1.29 is 13.5 Å². The van der Waals surface area contributed by atoms with Gasteiger partial charge in [-0.3, -0.25) is 4.79 Å². The van der Waals surface area contributed by atoms with Crippen molar-refractivity contribution in [3.8, 4) is 5.75 Å². The van der Waals surface area contributed by atoms with Crippen LogP contribution in [0.2, 0.25) is 5.02 Å². The minimum Gasteiger partial charge on any atom is -0.464 e. The Bertz CT molecular complexity index is 1450. The summed E-state index contributed by atoms with van der Waals surface area (Å²) < 4.78 is 25.7. The monoisotopic (exact) mass is 446 g/mol. The third-order valence-corrected chi connectivity index (χ3v) is 6.16. The second-order valence-electron chi connectivity index (χ2n) is 7.82. The van der Waals surface area contributed by atoms with Crippen LogP contribution in [0.15, 0.2) is 87.3 Å². The number of nitrogens with zero attached hydrogens (tertiary/aromatic N) is 2. The van der Waals surface area contributed by atoms with Crippen LogP contribution in [0.1, 0.15) is 35.4 Å². The molecular weight excluding hydrogens is 431 g/mol. The first-order valence-electron chi connectivity index (χ1n) is 10.2. The van der Waals surface area contributed by atoms with Crippen LogP contribution >= 0.6 is 11.6 Å². The van der Waals surface area contributed by atoms with Crippen molar-refractivity contribution in [1.82, 2.24) is 5.01 Å². The van der Waals surface area contributed by atoms with E-state index >= 15 is 0 Å². The van der Waals surface area contributed by atoms with Gasteiger partial charge in [-0.25, -0.2) is 9.40 Å². The van der Waals surface area contributed by atoms with Crippen molar-refractivity contribution in [1.29, 1.82) is 0 Å². The summed E-state index contributed by atoms with van der Waals surface area (Å²) in [4.78, 5) is 13.3. The predicted molar refractivity (Wildman–Crippen MR) is 119 cm³/mol. The average Bonchev–Trinajstić information content (AvgIpc) is 3.26. The van der Waals surface area contributed by atoms with E-state index in [1.54, 1.807) is 5.01 Å². The Kier molecular flexibility index (Phi) is 4.30. The molecule has 0 spiro atoms. The molecule has 0 aliphatic carbocycles. The highest BCUT2D eigenvalue weighted by Crippen LogP contribution is 2.47. The van der Waals surface area contributed by atoms with Crippen LogP contribution in [-0.4, -0.2) is 10.7 Å². The topological polar surface area (TPSA) is 55.0 Å². The van der Waals surface area contributed by atoms with Crippen LogP contribution < -0.4 is 10.2 Å². The summed E-state index contributed by atoms with van der Waals surface area (Å²) in [5, 5.41) is 7.45. The average molecular weight is 447 g/mol.